The lowest BCUT2D eigenvalue weighted by Gasteiger charge is -2.12. The van der Waals surface area contributed by atoms with E-state index < -0.39 is 11.7 Å². The van der Waals surface area contributed by atoms with Crippen molar-refractivity contribution in [1.29, 1.82) is 0 Å². The fourth-order valence-electron chi connectivity index (χ4n) is 3.55. The van der Waals surface area contributed by atoms with E-state index in [0.29, 0.717) is 42.5 Å². The molecule has 2 heterocycles. The van der Waals surface area contributed by atoms with Crippen LogP contribution in [0.5, 0.6) is 11.5 Å². The lowest BCUT2D eigenvalue weighted by Crippen LogP contribution is -2.26. The number of hydrogen-bond acceptors (Lipinski definition) is 6. The van der Waals surface area contributed by atoms with Crippen LogP contribution in [0.1, 0.15) is 22.5 Å². The highest BCUT2D eigenvalue weighted by molar-refractivity contribution is 6.31. The van der Waals surface area contributed by atoms with Crippen LogP contribution in [0.4, 0.5) is 24.8 Å². The number of halogens is 4. The minimum Gasteiger partial charge on any atom is -0.457 e. The van der Waals surface area contributed by atoms with Gasteiger partial charge in [-0.3, -0.25) is 9.78 Å². The third-order valence-electron chi connectivity index (χ3n) is 5.39. The molecule has 0 aliphatic heterocycles. The number of carbonyl (C=O) groups is 1. The summed E-state index contributed by atoms with van der Waals surface area (Å²) in [6.45, 7) is 0.998. The number of pyridine rings is 1. The lowest BCUT2D eigenvalue weighted by molar-refractivity contribution is -0.137. The van der Waals surface area contributed by atoms with Crippen LogP contribution in [0.3, 0.4) is 0 Å². The molecular weight excluding hydrogens is 511 g/mol. The summed E-state index contributed by atoms with van der Waals surface area (Å²) in [6, 6.07) is 11.9. The fraction of sp³-hybridized carbons (Fsp3) is 0.240. The van der Waals surface area contributed by atoms with Gasteiger partial charge in [0, 0.05) is 51.3 Å². The van der Waals surface area contributed by atoms with E-state index in [9.17, 15) is 18.0 Å². The zero-order valence-corrected chi connectivity index (χ0v) is 20.7. The Labute approximate surface area is 215 Å². The Bertz CT molecular complexity index is 1420. The van der Waals surface area contributed by atoms with Crippen molar-refractivity contribution in [3.63, 3.8) is 0 Å². The van der Waals surface area contributed by atoms with E-state index in [4.69, 9.17) is 21.1 Å². The molecule has 8 nitrogen and oxygen atoms in total. The number of nitrogens with one attached hydrogen (secondary N) is 2. The van der Waals surface area contributed by atoms with Crippen molar-refractivity contribution in [2.75, 3.05) is 25.6 Å². The van der Waals surface area contributed by atoms with Gasteiger partial charge in [0.2, 0.25) is 5.95 Å². The minimum atomic E-state index is -4.58. The van der Waals surface area contributed by atoms with Crippen molar-refractivity contribution >= 4 is 40.2 Å². The largest absolute Gasteiger partial charge is 0.457 e. The van der Waals surface area contributed by atoms with Gasteiger partial charge >= 0.3 is 6.18 Å². The summed E-state index contributed by atoms with van der Waals surface area (Å²) < 4.78 is 52.2. The van der Waals surface area contributed by atoms with Crippen molar-refractivity contribution in [1.82, 2.24) is 19.9 Å². The monoisotopic (exact) mass is 533 g/mol. The number of aromatic nitrogens is 3. The Kier molecular flexibility index (Phi) is 7.84. The number of anilines is 2. The number of amides is 1. The zero-order valence-electron chi connectivity index (χ0n) is 19.9. The molecule has 2 aromatic carbocycles. The molecule has 4 aromatic rings. The first-order chi connectivity index (χ1) is 17.7. The predicted octanol–water partition coefficient (Wildman–Crippen LogP) is 5.94. The summed E-state index contributed by atoms with van der Waals surface area (Å²) in [5.74, 6) is 0.874. The van der Waals surface area contributed by atoms with Crippen molar-refractivity contribution in [2.24, 2.45) is 7.05 Å². The van der Waals surface area contributed by atoms with Gasteiger partial charge in [0.05, 0.1) is 21.6 Å². The molecule has 0 saturated carbocycles. The molecule has 0 aliphatic rings. The Morgan fingerprint density at radius 2 is 1.89 bits per heavy atom. The third-order valence-corrected chi connectivity index (χ3v) is 5.72. The van der Waals surface area contributed by atoms with Gasteiger partial charge in [0.15, 0.2) is 0 Å². The second-order valence-electron chi connectivity index (χ2n) is 8.04. The van der Waals surface area contributed by atoms with Crippen molar-refractivity contribution in [3.8, 4) is 11.5 Å². The number of methoxy groups -OCH3 is 1. The number of nitrogens with zero attached hydrogens (tertiary/aromatic N) is 3. The summed E-state index contributed by atoms with van der Waals surface area (Å²) in [4.78, 5) is 20.9. The maximum Gasteiger partial charge on any atom is 0.417 e. The highest BCUT2D eigenvalue weighted by Crippen LogP contribution is 2.37. The summed E-state index contributed by atoms with van der Waals surface area (Å²) in [6.07, 6.45) is -2.42. The van der Waals surface area contributed by atoms with Gasteiger partial charge < -0.3 is 24.7 Å². The molecule has 4 rings (SSSR count). The molecule has 1 amide bonds. The molecule has 37 heavy (non-hydrogen) atoms. The topological polar surface area (TPSA) is 90.3 Å². The Morgan fingerprint density at radius 1 is 1.11 bits per heavy atom. The number of carbonyl (C=O) groups excluding carboxylic acids is 1. The Balaban J connectivity index is 1.51. The third kappa shape index (κ3) is 6.30. The maximum atomic E-state index is 13.2. The molecule has 2 aromatic heterocycles. The number of aryl methyl sites for hydroxylation is 1. The van der Waals surface area contributed by atoms with Gasteiger partial charge in [-0.15, -0.1) is 0 Å². The molecule has 0 aliphatic carbocycles. The predicted molar refractivity (Wildman–Crippen MR) is 134 cm³/mol. The fourth-order valence-corrected chi connectivity index (χ4v) is 3.77. The Hall–Kier alpha value is -3.83. The van der Waals surface area contributed by atoms with Crippen LogP contribution in [-0.4, -0.2) is 40.7 Å². The van der Waals surface area contributed by atoms with Crippen LogP contribution >= 0.6 is 11.6 Å². The van der Waals surface area contributed by atoms with Crippen molar-refractivity contribution in [2.45, 2.75) is 12.6 Å². The molecule has 0 spiro atoms. The van der Waals surface area contributed by atoms with E-state index in [1.54, 1.807) is 43.0 Å². The molecule has 0 radical (unpaired) electrons. The number of hydrogen-bond donors (Lipinski definition) is 2. The van der Waals surface area contributed by atoms with Crippen LogP contribution in [0.15, 0.2) is 54.7 Å². The first-order valence-corrected chi connectivity index (χ1v) is 11.5. The molecule has 0 saturated heterocycles. The quantitative estimate of drug-likeness (QED) is 0.259. The van der Waals surface area contributed by atoms with Crippen LogP contribution in [0.2, 0.25) is 5.02 Å². The van der Waals surface area contributed by atoms with Gasteiger partial charge in [-0.25, -0.2) is 4.98 Å². The summed E-state index contributed by atoms with van der Waals surface area (Å²) in [7, 11) is 3.33. The maximum absolute atomic E-state index is 13.2. The van der Waals surface area contributed by atoms with Crippen molar-refractivity contribution in [3.05, 3.63) is 71.0 Å². The smallest absolute Gasteiger partial charge is 0.417 e. The zero-order chi connectivity index (χ0) is 26.6. The van der Waals surface area contributed by atoms with E-state index >= 15 is 0 Å². The molecular formula is C25H23ClF3N5O3. The number of fused-ring (bicyclic) bond motifs is 1. The van der Waals surface area contributed by atoms with Gasteiger partial charge in [-0.05, 0) is 42.8 Å². The average molecular weight is 534 g/mol. The Morgan fingerprint density at radius 3 is 2.65 bits per heavy atom. The minimum absolute atomic E-state index is 0.191. The van der Waals surface area contributed by atoms with Gasteiger partial charge in [-0.2, -0.15) is 13.2 Å². The second kappa shape index (κ2) is 11.1. The van der Waals surface area contributed by atoms with E-state index in [0.717, 1.165) is 11.6 Å². The van der Waals surface area contributed by atoms with E-state index in [-0.39, 0.29) is 22.3 Å². The number of imidazole rings is 1. The lowest BCUT2D eigenvalue weighted by atomic mass is 10.2. The number of alkyl halides is 3. The van der Waals surface area contributed by atoms with Crippen LogP contribution < -0.4 is 15.4 Å². The molecule has 12 heteroatoms. The first-order valence-electron chi connectivity index (χ1n) is 11.2. The van der Waals surface area contributed by atoms with Gasteiger partial charge in [0.25, 0.3) is 5.91 Å². The number of ether oxygens (including phenoxy) is 2. The van der Waals surface area contributed by atoms with Crippen molar-refractivity contribution < 1.29 is 27.4 Å². The highest BCUT2D eigenvalue weighted by Gasteiger charge is 2.33. The van der Waals surface area contributed by atoms with Crippen LogP contribution in [0.25, 0.3) is 11.0 Å². The highest BCUT2D eigenvalue weighted by atomic mass is 35.5. The first kappa shape index (κ1) is 26.2. The second-order valence-corrected chi connectivity index (χ2v) is 8.45. The van der Waals surface area contributed by atoms with Crippen LogP contribution in [-0.2, 0) is 18.0 Å². The van der Waals surface area contributed by atoms with Gasteiger partial charge in [-0.1, -0.05) is 11.6 Å². The number of rotatable bonds is 9. The number of benzene rings is 2. The standard InChI is InChI=1S/C25H23ClF3N5O3/c1-34-22-7-5-16(37-17-8-10-30-21(14-17)23(35)31-9-3-11-36-2)13-20(22)33-24(34)32-15-4-6-19(26)18(12-15)25(27,28)29/h4-8,10,12-14H,3,9,11H2,1-2H3,(H,31,35)(H,32,33). The average Bonchev–Trinajstić information content (AvgIpc) is 3.16. The van der Waals surface area contributed by atoms with Gasteiger partial charge in [0.1, 0.15) is 17.2 Å². The van der Waals surface area contributed by atoms with E-state index in [1.807, 2.05) is 0 Å². The molecule has 0 unspecified atom stereocenters. The molecule has 0 atom stereocenters. The summed E-state index contributed by atoms with van der Waals surface area (Å²) >= 11 is 5.71. The van der Waals surface area contributed by atoms with E-state index in [1.165, 1.54) is 24.4 Å². The summed E-state index contributed by atoms with van der Waals surface area (Å²) in [5.41, 5.74) is 0.746. The SMILES string of the molecule is COCCCNC(=O)c1cc(Oc2ccc3c(c2)nc(Nc2ccc(Cl)c(C(F)(F)F)c2)n3C)ccn1. The van der Waals surface area contributed by atoms with Crippen LogP contribution in [0, 0.1) is 0 Å². The molecule has 0 fully saturated rings. The molecule has 2 N–H and O–H groups in total. The normalized spacial score (nSPS) is 11.5. The van der Waals surface area contributed by atoms with E-state index in [2.05, 4.69) is 20.6 Å². The molecule has 194 valence electrons. The summed E-state index contributed by atoms with van der Waals surface area (Å²) in [5, 5.41) is 5.29. The molecule has 0 bridgehead atoms.